The lowest BCUT2D eigenvalue weighted by atomic mass is 9.91. The Morgan fingerprint density at radius 3 is 1.10 bits per heavy atom. The van der Waals surface area contributed by atoms with Crippen molar-refractivity contribution in [2.75, 3.05) is 21.9 Å². The zero-order valence-electron chi connectivity index (χ0n) is 71.5. The highest BCUT2D eigenvalue weighted by molar-refractivity contribution is 8.93. The number of carbonyl (C=O) groups is 4. The Kier molecular flexibility index (Phi) is 31.3. The van der Waals surface area contributed by atoms with Crippen molar-refractivity contribution in [1.82, 2.24) is 19.6 Å². The van der Waals surface area contributed by atoms with Crippen molar-refractivity contribution in [3.63, 3.8) is 0 Å². The number of carboxylic acids is 3. The molecule has 26 nitrogen and oxygen atoms in total. The minimum Gasteiger partial charge on any atom is -0.505 e. The van der Waals surface area contributed by atoms with E-state index in [4.69, 9.17) is 22.4 Å². The average Bonchev–Trinajstić information content (AvgIpc) is 1.65. The lowest BCUT2D eigenvalue weighted by Gasteiger charge is -2.19. The smallest absolute Gasteiger partial charge is 0.335 e. The third-order valence-corrected chi connectivity index (χ3v) is 23.5. The molecule has 6 aliphatic rings. The number of hydrazine groups is 1. The van der Waals surface area contributed by atoms with Crippen LogP contribution in [0.25, 0.3) is 44.8 Å². The van der Waals surface area contributed by atoms with Crippen molar-refractivity contribution in [1.29, 1.82) is 0 Å². The van der Waals surface area contributed by atoms with Crippen LogP contribution in [0.3, 0.4) is 0 Å². The number of aromatic hydroxyl groups is 3. The molecule has 0 saturated carbocycles. The normalized spacial score (nSPS) is 13.8. The van der Waals surface area contributed by atoms with Crippen LogP contribution < -0.4 is 38.9 Å². The van der Waals surface area contributed by atoms with Gasteiger partial charge in [0.2, 0.25) is 0 Å². The van der Waals surface area contributed by atoms with E-state index in [1.807, 2.05) is 49.4 Å². The molecule has 0 spiro atoms. The fourth-order valence-electron chi connectivity index (χ4n) is 16.7. The summed E-state index contributed by atoms with van der Waals surface area (Å²) in [7, 11) is 0. The Labute approximate surface area is 758 Å². The first kappa shape index (κ1) is 93.6. The Hall–Kier alpha value is -14.6. The minimum atomic E-state index is -1.06. The number of phenols is 3. The van der Waals surface area contributed by atoms with Gasteiger partial charge in [0.15, 0.2) is 22.9 Å². The van der Waals surface area contributed by atoms with Crippen LogP contribution in [0, 0.1) is 13.8 Å². The van der Waals surface area contributed by atoms with E-state index in [-0.39, 0.29) is 104 Å². The van der Waals surface area contributed by atoms with E-state index in [1.165, 1.54) is 185 Å². The molecule has 0 radical (unpaired) electrons. The van der Waals surface area contributed by atoms with E-state index in [0.717, 1.165) is 79.1 Å². The predicted molar refractivity (Wildman–Crippen MR) is 514 cm³/mol. The molecule has 664 valence electrons. The number of rotatable bonds is 14. The van der Waals surface area contributed by atoms with Crippen molar-refractivity contribution in [3.8, 4) is 62.0 Å². The van der Waals surface area contributed by atoms with Gasteiger partial charge in [0.1, 0.15) is 17.1 Å². The molecule has 3 heterocycles. The molecule has 11 aromatic carbocycles. The van der Waals surface area contributed by atoms with E-state index in [9.17, 15) is 54.3 Å². The molecule has 0 unspecified atom stereocenters. The molecule has 0 saturated heterocycles. The quantitative estimate of drug-likeness (QED) is 0.0158. The van der Waals surface area contributed by atoms with Gasteiger partial charge in [0, 0.05) is 33.8 Å². The highest BCUT2D eigenvalue weighted by Gasteiger charge is 2.26. The molecule has 0 atom stereocenters. The first-order chi connectivity index (χ1) is 61.4. The maximum atomic E-state index is 13.1. The summed E-state index contributed by atoms with van der Waals surface area (Å²) in [5, 5.41) is 87.4. The fourth-order valence-corrected chi connectivity index (χ4v) is 16.7. The molecule has 0 fully saturated rings. The summed E-state index contributed by atoms with van der Waals surface area (Å²) in [5.74, 6) is 1.97. The first-order valence-corrected chi connectivity index (χ1v) is 42.8. The molecule has 27 heteroatoms. The number of halogens is 1. The van der Waals surface area contributed by atoms with Crippen LogP contribution in [-0.2, 0) is 69.0 Å². The monoisotopic (exact) mass is 1800 g/mol. The number of hydrogen-bond acceptors (Lipinski definition) is 18. The summed E-state index contributed by atoms with van der Waals surface area (Å²) in [4.78, 5) is 71.5. The number of anilines is 4. The Morgan fingerprint density at radius 1 is 0.388 bits per heavy atom. The molecular weight excluding hydrogens is 1690 g/mol. The largest absolute Gasteiger partial charge is 0.505 e. The van der Waals surface area contributed by atoms with Gasteiger partial charge < -0.3 is 47.5 Å². The first-order valence-electron chi connectivity index (χ1n) is 42.8. The van der Waals surface area contributed by atoms with Crippen molar-refractivity contribution in [3.05, 3.63) is 323 Å². The Balaban J connectivity index is 0.000000148. The number of benzene rings is 11. The second-order valence-corrected chi connectivity index (χ2v) is 32.4. The number of hydrazone groups is 1. The van der Waals surface area contributed by atoms with Crippen molar-refractivity contribution in [2.24, 2.45) is 31.4 Å². The summed E-state index contributed by atoms with van der Waals surface area (Å²) in [5.41, 5.74) is 38.0. The Bertz CT molecular complexity index is 6310. The van der Waals surface area contributed by atoms with Crippen LogP contribution >= 0.6 is 17.0 Å². The number of hydrogen-bond donors (Lipinski definition) is 12. The highest BCUT2D eigenvalue weighted by atomic mass is 79.9. The van der Waals surface area contributed by atoms with Crippen molar-refractivity contribution in [2.45, 2.75) is 163 Å². The van der Waals surface area contributed by atoms with Gasteiger partial charge in [0.05, 0.1) is 57.2 Å². The number of fused-ring (bicyclic) bond motifs is 5. The summed E-state index contributed by atoms with van der Waals surface area (Å²) in [6.07, 6.45) is 24.4. The van der Waals surface area contributed by atoms with E-state index in [2.05, 4.69) is 89.7 Å². The van der Waals surface area contributed by atoms with Gasteiger partial charge in [0.25, 0.3) is 17.0 Å². The van der Waals surface area contributed by atoms with Crippen molar-refractivity contribution < 1.29 is 49.8 Å². The number of aryl methyl sites for hydroxylation is 12. The summed E-state index contributed by atoms with van der Waals surface area (Å²) in [6, 6.07) is 64.8. The van der Waals surface area contributed by atoms with Gasteiger partial charge >= 0.3 is 17.9 Å². The highest BCUT2D eigenvalue weighted by Crippen LogP contribution is 2.42. The number of amides is 1. The number of aromatic nitrogens is 4. The summed E-state index contributed by atoms with van der Waals surface area (Å²) < 4.78 is 2.93. The van der Waals surface area contributed by atoms with Gasteiger partial charge in [-0.25, -0.2) is 28.8 Å². The van der Waals surface area contributed by atoms with Crippen LogP contribution in [0.5, 0.6) is 17.2 Å². The number of phenolic OH excluding ortho intramolecular Hbond substituents is 3. The number of aromatic amines is 2. The maximum Gasteiger partial charge on any atom is 0.335 e. The third kappa shape index (κ3) is 22.6. The van der Waals surface area contributed by atoms with E-state index >= 15 is 0 Å². The van der Waals surface area contributed by atoms with E-state index < -0.39 is 17.9 Å². The standard InChI is InChI=1S/2C27H24N4O4.C14H16N2O.C13H11NO3.C10H14N2.C10H13N.CH4.BrH/c2*1-16-24(26(33)31(30-16)21-13-12-17-6-2-3-7-18(17)15-21)29-28-23-11-5-10-22(25(23)32)19-8-4-9-20(14-19)27(34)35;1-10-8-14(17)16(15-10)13-7-6-11-4-2-3-5-12(11)9-13;14-11-6-2-5-10(12(11)15)8-3-1-4-9(7-8)13(16)17;11-12-10-6-5-8-3-1-2-4-9(8)7-10;11-10-6-5-8-3-1-2-4-9(8)7-10;;/h2*4-5,8-15,30,32H,2-3,6-7H2,1H3,(H,34,35);6-7,9H,2-5,8H2,1H3;1-7,15H,14H2,(H,16,17);5-7,12H,1-4,11H2;5-7H,1-4,11H2;1H4;1H. The van der Waals surface area contributed by atoms with Crippen LogP contribution in [0.15, 0.2) is 254 Å². The number of azo groups is 2. The van der Waals surface area contributed by atoms with Gasteiger partial charge in [-0.2, -0.15) is 5.10 Å². The topological polar surface area (TPSA) is 420 Å². The lowest BCUT2D eigenvalue weighted by Crippen LogP contribution is -2.20. The SMILES string of the molecule is Br.C.CC1=NN(c2ccc3c(c2)CCCC3)C(=O)C1.Cc1[nH]n(-c2ccc3c(c2)CCCC3)c(=O)c1N=Nc1cccc(-c2cccc(C(=O)O)c2)c1O.Cc1[nH]n(-c2ccc3c(c2)CCCC3)c(=O)c1N=Nc1cccc(-c2cccc(C(=O)O)c2)c1O.NNc1ccc2c(c1)CCCC2.Nc1ccc2c(c1)CCCC2.Nc1cccc(-c2cccc(C(=O)O)c2)c1O. The number of nitrogen functional groups attached to an aromatic ring is 3. The second-order valence-electron chi connectivity index (χ2n) is 32.4. The molecule has 1 aliphatic heterocycles. The number of nitrogens with one attached hydrogen (secondary N) is 3. The maximum absolute atomic E-state index is 13.1. The van der Waals surface area contributed by atoms with E-state index in [1.54, 1.807) is 110 Å². The van der Waals surface area contributed by atoms with Gasteiger partial charge in [-0.3, -0.25) is 30.4 Å². The lowest BCUT2D eigenvalue weighted by molar-refractivity contribution is -0.116. The van der Waals surface area contributed by atoms with Crippen LogP contribution in [0.1, 0.15) is 183 Å². The number of aromatic carboxylic acids is 3. The van der Waals surface area contributed by atoms with Crippen LogP contribution in [0.2, 0.25) is 0 Å². The van der Waals surface area contributed by atoms with Gasteiger partial charge in [-0.1, -0.05) is 111 Å². The molecule has 15 N–H and O–H groups in total. The summed E-state index contributed by atoms with van der Waals surface area (Å²) in [6.45, 7) is 5.40. The number of para-hydroxylation sites is 3. The molecule has 5 aliphatic carbocycles. The number of nitrogens with zero attached hydrogens (tertiary/aromatic N) is 8. The molecular formula is C102H107BrN14O12. The average molecular weight is 1800 g/mol. The number of nitrogens with two attached hydrogens (primary N) is 3. The molecule has 0 bridgehead atoms. The van der Waals surface area contributed by atoms with Crippen LogP contribution in [-0.4, -0.2) is 79.7 Å². The number of H-pyrrole nitrogens is 2. The zero-order chi connectivity index (χ0) is 89.4. The molecule has 13 aromatic rings. The second kappa shape index (κ2) is 43.1. The predicted octanol–water partition coefficient (Wildman–Crippen LogP) is 21.9. The zero-order valence-corrected chi connectivity index (χ0v) is 73.2. The van der Waals surface area contributed by atoms with Crippen molar-refractivity contribution >= 4 is 92.0 Å². The summed E-state index contributed by atoms with van der Waals surface area (Å²) >= 11 is 0. The molecule has 2 aromatic heterocycles. The molecule has 1 amide bonds. The van der Waals surface area contributed by atoms with Gasteiger partial charge in [-0.15, -0.1) is 37.4 Å². The van der Waals surface area contributed by atoms with Gasteiger partial charge in [-0.05, 0) is 337 Å². The molecule has 19 rings (SSSR count). The minimum absolute atomic E-state index is 0. The third-order valence-electron chi connectivity index (χ3n) is 23.5. The fraction of sp³-hybridized carbons (Fsp3) is 0.245. The van der Waals surface area contributed by atoms with Crippen LogP contribution in [0.4, 0.5) is 45.5 Å². The van der Waals surface area contributed by atoms with E-state index in [0.29, 0.717) is 51.2 Å². The number of carboxylic acid groups (broad SMARTS) is 3. The number of carbonyl (C=O) groups excluding carboxylic acids is 1. The molecule has 129 heavy (non-hydrogen) atoms. The Morgan fingerprint density at radius 2 is 0.721 bits per heavy atom.